The van der Waals surface area contributed by atoms with Crippen molar-refractivity contribution in [3.8, 4) is 56.0 Å². The summed E-state index contributed by atoms with van der Waals surface area (Å²) < 4.78 is 12.1. The number of hydrogen-bond acceptors (Lipinski definition) is 9. The van der Waals surface area contributed by atoms with E-state index in [2.05, 4.69) is 80.6 Å². The van der Waals surface area contributed by atoms with E-state index < -0.39 is 0 Å². The Kier molecular flexibility index (Phi) is 11.3. The molecule has 0 aliphatic carbocycles. The third-order valence-electron chi connectivity index (χ3n) is 12.3. The summed E-state index contributed by atoms with van der Waals surface area (Å²) >= 11 is 0. The van der Waals surface area contributed by atoms with E-state index in [0.717, 1.165) is 102 Å². The molecule has 8 aromatic rings. The van der Waals surface area contributed by atoms with Crippen LogP contribution in [0, 0.1) is 0 Å². The molecule has 0 fully saturated rings. The van der Waals surface area contributed by atoms with Gasteiger partial charge in [0.25, 0.3) is 11.8 Å². The predicted octanol–water partition coefficient (Wildman–Crippen LogP) is 10.9. The van der Waals surface area contributed by atoms with E-state index >= 15 is 0 Å². The van der Waals surface area contributed by atoms with Crippen LogP contribution in [-0.4, -0.2) is 72.9 Å². The molecule has 0 unspecified atom stereocenters. The fourth-order valence-corrected chi connectivity index (χ4v) is 9.02. The molecule has 4 N–H and O–H groups in total. The molecule has 12 nitrogen and oxygen atoms in total. The van der Waals surface area contributed by atoms with Gasteiger partial charge in [0, 0.05) is 75.7 Å². The number of nitrogens with one attached hydrogen (secondary N) is 2. The summed E-state index contributed by atoms with van der Waals surface area (Å²) in [6.07, 6.45) is 16.7. The lowest BCUT2D eigenvalue weighted by atomic mass is 10.0. The highest BCUT2D eigenvalue weighted by atomic mass is 16.5. The van der Waals surface area contributed by atoms with Crippen LogP contribution >= 0.6 is 0 Å². The van der Waals surface area contributed by atoms with Crippen molar-refractivity contribution in [2.75, 3.05) is 26.3 Å². The molecule has 68 heavy (non-hydrogen) atoms. The third-order valence-corrected chi connectivity index (χ3v) is 12.3. The summed E-state index contributed by atoms with van der Waals surface area (Å²) in [5.41, 5.74) is 20.7. The summed E-state index contributed by atoms with van der Waals surface area (Å²) in [4.78, 5) is 54.1. The van der Waals surface area contributed by atoms with Crippen molar-refractivity contribution < 1.29 is 19.1 Å². The molecule has 0 atom stereocenters. The van der Waals surface area contributed by atoms with Gasteiger partial charge in [0.1, 0.15) is 11.5 Å². The number of nitrogens with two attached hydrogens (primary N) is 1. The van der Waals surface area contributed by atoms with E-state index in [0.29, 0.717) is 43.1 Å². The summed E-state index contributed by atoms with van der Waals surface area (Å²) in [6.45, 7) is 1.71. The average Bonchev–Trinajstić information content (AvgIpc) is 4.26. The quantitative estimate of drug-likeness (QED) is 0.0754. The van der Waals surface area contributed by atoms with Gasteiger partial charge in [-0.15, -0.1) is 0 Å². The number of nitrogens with zero attached hydrogens (tertiary/aromatic N) is 5. The standard InChI is InChI=1S/C56H44N8O4/c57-27-3-33-67-39-11-7-35(8-12-39)51-43-15-19-47(60-43)53(37-23-28-58-29-24-37)49-21-17-45(62-49)52(46-18-22-50(63-46)54(38-25-30-59-31-26-38)48-20-16-44(51)61-48)36-9-13-40(14-10-36)68-34-4-32-64-55(65)41-5-1-2-6-42(41)56(64)66/h1-2,5-26,28-31,60,63H,3-4,27,32-34,57H2. The first-order valence-electron chi connectivity index (χ1n) is 22.6. The average molecular weight is 893 g/mol. The molecule has 0 radical (unpaired) electrons. The third kappa shape index (κ3) is 8.03. The number of rotatable bonds is 13. The highest BCUT2D eigenvalue weighted by molar-refractivity contribution is 6.21. The number of H-pyrrole nitrogens is 2. The minimum absolute atomic E-state index is 0.266. The summed E-state index contributed by atoms with van der Waals surface area (Å²) in [6, 6.07) is 39.4. The second kappa shape index (κ2) is 18.3. The zero-order chi connectivity index (χ0) is 46.0. The lowest BCUT2D eigenvalue weighted by Crippen LogP contribution is -2.31. The number of fused-ring (bicyclic) bond motifs is 9. The van der Waals surface area contributed by atoms with Crippen molar-refractivity contribution in [3.63, 3.8) is 0 Å². The van der Waals surface area contributed by atoms with Crippen molar-refractivity contribution in [1.82, 2.24) is 34.8 Å². The number of benzene rings is 3. The number of aromatic nitrogens is 6. The van der Waals surface area contributed by atoms with E-state index in [1.165, 1.54) is 4.90 Å². The molecule has 8 heterocycles. The lowest BCUT2D eigenvalue weighted by Gasteiger charge is -2.14. The Morgan fingerprint density at radius 1 is 0.456 bits per heavy atom. The summed E-state index contributed by atoms with van der Waals surface area (Å²) in [5.74, 6) is 0.908. The van der Waals surface area contributed by atoms with Crippen molar-refractivity contribution in [2.45, 2.75) is 12.8 Å². The molecule has 5 aromatic heterocycles. The van der Waals surface area contributed by atoms with E-state index in [9.17, 15) is 9.59 Å². The number of carbonyl (C=O) groups excluding carboxylic acids is 2. The zero-order valence-corrected chi connectivity index (χ0v) is 36.9. The van der Waals surface area contributed by atoms with E-state index in [1.54, 1.807) is 49.1 Å². The SMILES string of the molecule is NCCCOc1ccc(-c2c3nc(c(-c4ccncc4)c4ccc([nH]4)c(-c4ccc(OCCCN5C(=O)c6ccccc6C5=O)cc4)c4nc(c(-c5ccncc5)c5ccc2[nH]5)C=C4)C=C3)cc1. The number of pyridine rings is 2. The van der Waals surface area contributed by atoms with Gasteiger partial charge in [-0.05, 0) is 151 Å². The first kappa shape index (κ1) is 41.9. The maximum atomic E-state index is 12.9. The molecule has 0 saturated heterocycles. The van der Waals surface area contributed by atoms with Crippen molar-refractivity contribution in [3.05, 3.63) is 180 Å². The molecule has 12 heteroatoms. The van der Waals surface area contributed by atoms with Crippen molar-refractivity contribution in [2.24, 2.45) is 5.73 Å². The molecule has 3 aliphatic heterocycles. The molecule has 3 aromatic carbocycles. The monoisotopic (exact) mass is 892 g/mol. The topological polar surface area (TPSA) is 165 Å². The normalized spacial score (nSPS) is 12.8. The second-order valence-corrected chi connectivity index (χ2v) is 16.5. The molecule has 0 saturated carbocycles. The molecular formula is C56H44N8O4. The van der Waals surface area contributed by atoms with E-state index in [4.69, 9.17) is 25.2 Å². The summed E-state index contributed by atoms with van der Waals surface area (Å²) in [7, 11) is 0. The Morgan fingerprint density at radius 2 is 0.824 bits per heavy atom. The van der Waals surface area contributed by atoms with Crippen LogP contribution in [0.15, 0.2) is 146 Å². The van der Waals surface area contributed by atoms with Gasteiger partial charge < -0.3 is 25.2 Å². The van der Waals surface area contributed by atoms with Crippen LogP contribution in [0.3, 0.4) is 0 Å². The number of aromatic amines is 2. The summed E-state index contributed by atoms with van der Waals surface area (Å²) in [5, 5.41) is 0. The fourth-order valence-electron chi connectivity index (χ4n) is 9.02. The van der Waals surface area contributed by atoms with Gasteiger partial charge in [-0.2, -0.15) is 0 Å². The van der Waals surface area contributed by atoms with Crippen LogP contribution in [0.1, 0.15) is 56.3 Å². The Balaban J connectivity index is 1.04. The van der Waals surface area contributed by atoms with Gasteiger partial charge in [0.15, 0.2) is 0 Å². The van der Waals surface area contributed by atoms with Crippen LogP contribution in [0.2, 0.25) is 0 Å². The molecular weight excluding hydrogens is 849 g/mol. The lowest BCUT2D eigenvalue weighted by molar-refractivity contribution is 0.0646. The molecule has 11 rings (SSSR count). The van der Waals surface area contributed by atoms with Crippen LogP contribution in [0.4, 0.5) is 0 Å². The predicted molar refractivity (Wildman–Crippen MR) is 267 cm³/mol. The minimum atomic E-state index is -0.266. The fraction of sp³-hybridized carbons (Fsp3) is 0.107. The van der Waals surface area contributed by atoms with Crippen molar-refractivity contribution >= 4 is 58.2 Å². The van der Waals surface area contributed by atoms with Crippen molar-refractivity contribution in [1.29, 1.82) is 0 Å². The number of imide groups is 1. The molecule has 2 amide bonds. The highest BCUT2D eigenvalue weighted by Gasteiger charge is 2.34. The van der Waals surface area contributed by atoms with E-state index in [-0.39, 0.29) is 18.4 Å². The van der Waals surface area contributed by atoms with Gasteiger partial charge in [0.05, 0.1) is 47.1 Å². The first-order valence-corrected chi connectivity index (χ1v) is 22.6. The smallest absolute Gasteiger partial charge is 0.261 e. The van der Waals surface area contributed by atoms with E-state index in [1.807, 2.05) is 60.7 Å². The Hall–Kier alpha value is -8.74. The van der Waals surface area contributed by atoms with Gasteiger partial charge in [-0.3, -0.25) is 24.5 Å². The largest absolute Gasteiger partial charge is 0.494 e. The van der Waals surface area contributed by atoms with Crippen LogP contribution in [-0.2, 0) is 0 Å². The molecule has 3 aliphatic rings. The molecule has 332 valence electrons. The first-order chi connectivity index (χ1) is 33.5. The number of ether oxygens (including phenoxy) is 2. The maximum Gasteiger partial charge on any atom is 0.261 e. The van der Waals surface area contributed by atoms with Crippen LogP contribution in [0.25, 0.3) is 90.9 Å². The van der Waals surface area contributed by atoms with Crippen LogP contribution < -0.4 is 15.2 Å². The van der Waals surface area contributed by atoms with Gasteiger partial charge in [-0.1, -0.05) is 36.4 Å². The van der Waals surface area contributed by atoms with Gasteiger partial charge in [0.2, 0.25) is 0 Å². The Morgan fingerprint density at radius 3 is 1.21 bits per heavy atom. The number of hydrogen-bond donors (Lipinski definition) is 3. The molecule has 8 bridgehead atoms. The number of amides is 2. The van der Waals surface area contributed by atoms with Crippen LogP contribution in [0.5, 0.6) is 11.5 Å². The zero-order valence-electron chi connectivity index (χ0n) is 36.9. The highest BCUT2D eigenvalue weighted by Crippen LogP contribution is 2.39. The minimum Gasteiger partial charge on any atom is -0.494 e. The second-order valence-electron chi connectivity index (χ2n) is 16.5. The van der Waals surface area contributed by atoms with Gasteiger partial charge >= 0.3 is 0 Å². The maximum absolute atomic E-state index is 12.9. The number of carbonyl (C=O) groups is 2. The Bertz CT molecular complexity index is 3380. The molecule has 0 spiro atoms. The van der Waals surface area contributed by atoms with Gasteiger partial charge in [-0.25, -0.2) is 9.97 Å². The Labute approximate surface area is 391 Å².